The molecule has 1 amide bonds. The second-order valence-electron chi connectivity index (χ2n) is 19.7. The van der Waals surface area contributed by atoms with Gasteiger partial charge in [-0.3, -0.25) is 14.6 Å². The van der Waals surface area contributed by atoms with E-state index >= 15 is 0 Å². The summed E-state index contributed by atoms with van der Waals surface area (Å²) in [5.41, 5.74) is 0.867. The van der Waals surface area contributed by atoms with Crippen LogP contribution in [0.2, 0.25) is 5.02 Å². The second-order valence-corrected chi connectivity index (χ2v) is 24.0. The molecule has 4 aromatic rings. The van der Waals surface area contributed by atoms with Crippen molar-refractivity contribution in [3.05, 3.63) is 119 Å². The maximum absolute atomic E-state index is 14.1. The van der Waals surface area contributed by atoms with Gasteiger partial charge in [-0.25, -0.2) is 13.1 Å². The van der Waals surface area contributed by atoms with E-state index in [2.05, 4.69) is 60.9 Å². The summed E-state index contributed by atoms with van der Waals surface area (Å²) in [5, 5.41) is 7.63. The Kier molecular flexibility index (Phi) is 18.5. The number of sulfonamides is 1. The van der Waals surface area contributed by atoms with Crippen LogP contribution in [0.4, 0.5) is 24.5 Å². The largest absolute Gasteiger partial charge is 0.446 e. The van der Waals surface area contributed by atoms with Crippen molar-refractivity contribution in [3.63, 3.8) is 0 Å². The Morgan fingerprint density at radius 3 is 2.41 bits per heavy atom. The molecule has 3 N–H and O–H groups in total. The molecule has 4 aliphatic rings. The van der Waals surface area contributed by atoms with Gasteiger partial charge in [-0.1, -0.05) is 54.4 Å². The molecule has 4 aromatic carbocycles. The van der Waals surface area contributed by atoms with Crippen LogP contribution in [0.25, 0.3) is 5.57 Å². The van der Waals surface area contributed by atoms with E-state index in [0.29, 0.717) is 31.4 Å². The Hall–Kier alpha value is -3.78. The highest BCUT2D eigenvalue weighted by atomic mass is 35.5. The van der Waals surface area contributed by atoms with E-state index in [1.165, 1.54) is 28.8 Å². The smallest absolute Gasteiger partial charge is 0.381 e. The van der Waals surface area contributed by atoms with Gasteiger partial charge in [0.05, 0.1) is 11.5 Å². The maximum Gasteiger partial charge on any atom is 0.446 e. The number of thioether (sulfide) groups is 2. The quantitative estimate of drug-likeness (QED) is 0.0826. The molecule has 11 nitrogen and oxygen atoms in total. The molecule has 3 heterocycles. The van der Waals surface area contributed by atoms with E-state index in [0.717, 1.165) is 126 Å². The normalized spacial score (nSPS) is 21.7. The number of carbonyl (C=O) groups excluding carboxylic acids is 1. The number of hydrogen-bond acceptors (Lipinski definition) is 12. The molecule has 0 spiro atoms. The fourth-order valence-corrected chi connectivity index (χ4v) is 13.1. The zero-order valence-corrected chi connectivity index (χ0v) is 43.9. The number of piperazine rings is 2. The summed E-state index contributed by atoms with van der Waals surface area (Å²) >= 11 is 7.52. The zero-order valence-electron chi connectivity index (χ0n) is 40.7. The minimum absolute atomic E-state index is 0.117. The van der Waals surface area contributed by atoms with Crippen LogP contribution < -0.4 is 20.3 Å². The average molecular weight is 1050 g/mol. The first kappa shape index (κ1) is 53.5. The van der Waals surface area contributed by atoms with Gasteiger partial charge in [0.15, 0.2) is 0 Å². The highest BCUT2D eigenvalue weighted by Gasteiger charge is 2.36. The van der Waals surface area contributed by atoms with Crippen LogP contribution in [0.1, 0.15) is 61.9 Å². The minimum Gasteiger partial charge on any atom is -0.381 e. The molecule has 3 saturated heterocycles. The number of nitrogens with one attached hydrogen (secondary N) is 3. The Balaban J connectivity index is 0.895. The van der Waals surface area contributed by atoms with E-state index in [-0.39, 0.29) is 39.4 Å². The fourth-order valence-electron chi connectivity index (χ4n) is 10.3. The number of ether oxygens (including phenoxy) is 1. The molecular weight excluding hydrogens is 987 g/mol. The summed E-state index contributed by atoms with van der Waals surface area (Å²) < 4.78 is 77.3. The van der Waals surface area contributed by atoms with Gasteiger partial charge in [0, 0.05) is 135 Å². The number of halogens is 4. The van der Waals surface area contributed by atoms with Crippen molar-refractivity contribution in [2.75, 3.05) is 108 Å². The third-order valence-electron chi connectivity index (χ3n) is 14.0. The summed E-state index contributed by atoms with van der Waals surface area (Å²) in [6.07, 6.45) is 4.76. The van der Waals surface area contributed by atoms with Crippen molar-refractivity contribution < 1.29 is 31.1 Å². The molecule has 18 heteroatoms. The zero-order chi connectivity index (χ0) is 50.0. The summed E-state index contributed by atoms with van der Waals surface area (Å²) in [6, 6.07) is 28.7. The predicted octanol–water partition coefficient (Wildman–Crippen LogP) is 9.82. The van der Waals surface area contributed by atoms with Crippen molar-refractivity contribution in [1.29, 1.82) is 0 Å². The topological polar surface area (TPSA) is 109 Å². The van der Waals surface area contributed by atoms with Crippen molar-refractivity contribution in [2.24, 2.45) is 5.41 Å². The van der Waals surface area contributed by atoms with Crippen molar-refractivity contribution in [2.45, 2.75) is 78.2 Å². The molecular formula is C53H67ClF3N7O4S3. The maximum atomic E-state index is 14.1. The van der Waals surface area contributed by atoms with Crippen LogP contribution in [-0.4, -0.2) is 144 Å². The van der Waals surface area contributed by atoms with Gasteiger partial charge in [-0.15, -0.1) is 11.8 Å². The number of amides is 1. The average Bonchev–Trinajstić information content (AvgIpc) is 3.62. The SMILES string of the molecule is C[C@@H]1CN(C[C@]2(C)CCC(c3ccc(Cl)cc3)=C(CN3CCN(c4ccc(C(=O)NS(=O)(=O)c5ccc(N[C@H](CCN6CCCOCC6)CSc6ccccc6)c(SC(F)(F)F)c5)cc4)CC3)C2)CCN1. The third-order valence-corrected chi connectivity index (χ3v) is 17.5. The van der Waals surface area contributed by atoms with Crippen LogP contribution in [-0.2, 0) is 14.8 Å². The Morgan fingerprint density at radius 1 is 0.915 bits per heavy atom. The summed E-state index contributed by atoms with van der Waals surface area (Å²) in [5.74, 6) is -0.307. The lowest BCUT2D eigenvalue weighted by Gasteiger charge is -2.44. The van der Waals surface area contributed by atoms with Gasteiger partial charge in [-0.2, -0.15) is 13.2 Å². The molecule has 0 aromatic heterocycles. The standard InChI is InChI=1S/C53H67ClF3N7O4S3/c1-39-35-63(25-22-58-39)38-52(2)21-19-48(40-9-13-43(54)14-10-40)42(34-52)36-62-26-28-64(29-27-62)45-15-11-41(12-16-45)51(65)60-71(66,67)47-17-18-49(50(33-47)70-53(55,56)57)59-44(37-69-46-7-4-3-5-8-46)20-24-61-23-6-31-68-32-30-61/h3-5,7-18,33,39,44,58-59H,6,19-32,34-38H2,1-2H3,(H,60,65)/t39-,44-,52-/m1/s1. The second kappa shape index (κ2) is 24.5. The Labute approximate surface area is 431 Å². The number of anilines is 2. The highest BCUT2D eigenvalue weighted by molar-refractivity contribution is 8.00. The molecule has 0 unspecified atom stereocenters. The van der Waals surface area contributed by atoms with Gasteiger partial charge in [0.2, 0.25) is 0 Å². The number of benzene rings is 4. The lowest BCUT2D eigenvalue weighted by molar-refractivity contribution is -0.0328. The summed E-state index contributed by atoms with van der Waals surface area (Å²) in [6.45, 7) is 16.8. The number of nitrogens with zero attached hydrogens (tertiary/aromatic N) is 4. The van der Waals surface area contributed by atoms with Crippen LogP contribution in [0.15, 0.2) is 117 Å². The van der Waals surface area contributed by atoms with E-state index in [1.54, 1.807) is 23.9 Å². The fraction of sp³-hybridized carbons (Fsp3) is 0.491. The van der Waals surface area contributed by atoms with Gasteiger partial charge in [0.1, 0.15) is 0 Å². The summed E-state index contributed by atoms with van der Waals surface area (Å²) in [4.78, 5) is 23.5. The molecule has 1 aliphatic carbocycles. The Morgan fingerprint density at radius 2 is 1.68 bits per heavy atom. The van der Waals surface area contributed by atoms with Gasteiger partial charge in [-0.05, 0) is 134 Å². The van der Waals surface area contributed by atoms with E-state index in [1.807, 2.05) is 54.6 Å². The van der Waals surface area contributed by atoms with E-state index in [9.17, 15) is 26.4 Å². The first-order chi connectivity index (χ1) is 34.1. The number of hydrogen-bond donors (Lipinski definition) is 3. The summed E-state index contributed by atoms with van der Waals surface area (Å²) in [7, 11) is -4.56. The molecule has 8 rings (SSSR count). The monoisotopic (exact) mass is 1050 g/mol. The molecule has 0 bridgehead atoms. The highest BCUT2D eigenvalue weighted by Crippen LogP contribution is 2.45. The molecule has 3 atom stereocenters. The third kappa shape index (κ3) is 15.6. The molecule has 384 valence electrons. The molecule has 3 fully saturated rings. The van der Waals surface area contributed by atoms with Crippen LogP contribution in [0.3, 0.4) is 0 Å². The molecule has 71 heavy (non-hydrogen) atoms. The van der Waals surface area contributed by atoms with Crippen LogP contribution in [0, 0.1) is 5.41 Å². The van der Waals surface area contributed by atoms with E-state index < -0.39 is 26.3 Å². The van der Waals surface area contributed by atoms with Crippen LogP contribution in [0.5, 0.6) is 0 Å². The molecule has 0 saturated carbocycles. The lowest BCUT2D eigenvalue weighted by atomic mass is 9.71. The number of rotatable bonds is 18. The lowest BCUT2D eigenvalue weighted by Crippen LogP contribution is -2.52. The number of allylic oxidation sites excluding steroid dienone is 1. The minimum atomic E-state index is -4.70. The predicted molar refractivity (Wildman–Crippen MR) is 283 cm³/mol. The van der Waals surface area contributed by atoms with Crippen molar-refractivity contribution in [1.82, 2.24) is 24.7 Å². The van der Waals surface area contributed by atoms with Crippen molar-refractivity contribution >= 4 is 68.0 Å². The van der Waals surface area contributed by atoms with Gasteiger partial charge >= 0.3 is 5.51 Å². The number of carbonyl (C=O) groups is 1. The van der Waals surface area contributed by atoms with Gasteiger partial charge < -0.3 is 25.2 Å². The van der Waals surface area contributed by atoms with E-state index in [4.69, 9.17) is 16.3 Å². The first-order valence-electron chi connectivity index (χ1n) is 24.8. The molecule has 3 aliphatic heterocycles. The van der Waals surface area contributed by atoms with Gasteiger partial charge in [0.25, 0.3) is 15.9 Å². The first-order valence-corrected chi connectivity index (χ1v) is 28.4. The molecule has 0 radical (unpaired) electrons. The van der Waals surface area contributed by atoms with Crippen LogP contribution >= 0.6 is 35.1 Å². The Bertz CT molecular complexity index is 2530. The number of alkyl halides is 3. The van der Waals surface area contributed by atoms with Crippen molar-refractivity contribution in [3.8, 4) is 0 Å².